The van der Waals surface area contributed by atoms with E-state index in [1.54, 1.807) is 0 Å². The summed E-state index contributed by atoms with van der Waals surface area (Å²) >= 11 is 0. The minimum absolute atomic E-state index is 0.0137. The molecule has 1 fully saturated rings. The van der Waals surface area contributed by atoms with Crippen LogP contribution in [0.5, 0.6) is 0 Å². The van der Waals surface area contributed by atoms with Gasteiger partial charge in [0.05, 0.1) is 13.0 Å². The molecule has 0 bridgehead atoms. The highest BCUT2D eigenvalue weighted by Crippen LogP contribution is 2.31. The van der Waals surface area contributed by atoms with Crippen LogP contribution in [0.15, 0.2) is 18.2 Å². The Morgan fingerprint density at radius 1 is 1.35 bits per heavy atom. The third-order valence-corrected chi connectivity index (χ3v) is 4.19. The van der Waals surface area contributed by atoms with Gasteiger partial charge in [0.15, 0.2) is 0 Å². The summed E-state index contributed by atoms with van der Waals surface area (Å²) in [6.45, 7) is 0.332. The zero-order valence-electron chi connectivity index (χ0n) is 12.8. The Labute approximate surface area is 132 Å². The average Bonchev–Trinajstić information content (AvgIpc) is 2.51. The van der Waals surface area contributed by atoms with Crippen LogP contribution in [0.25, 0.3) is 0 Å². The van der Waals surface area contributed by atoms with Gasteiger partial charge in [0.25, 0.3) is 0 Å². The summed E-state index contributed by atoms with van der Waals surface area (Å²) in [5, 5.41) is 9.46. The minimum atomic E-state index is -1.17. The molecule has 126 valence electrons. The second-order valence-electron chi connectivity index (χ2n) is 5.81. The Kier molecular flexibility index (Phi) is 5.30. The number of benzene rings is 1. The molecule has 0 saturated carbocycles. The Hall–Kier alpha value is -2.02. The zero-order valence-corrected chi connectivity index (χ0v) is 12.8. The van der Waals surface area contributed by atoms with Crippen molar-refractivity contribution < 1.29 is 28.2 Å². The maximum Gasteiger partial charge on any atom is 0.313 e. The van der Waals surface area contributed by atoms with E-state index in [1.165, 1.54) is 18.1 Å². The third-order valence-electron chi connectivity index (χ3n) is 4.19. The molecule has 0 aliphatic carbocycles. The van der Waals surface area contributed by atoms with E-state index in [2.05, 4.69) is 0 Å². The molecule has 1 heterocycles. The number of rotatable bonds is 5. The molecule has 0 spiro atoms. The molecule has 5 nitrogen and oxygen atoms in total. The number of likely N-dealkylation sites (tertiary alicyclic amines) is 1. The van der Waals surface area contributed by atoms with Crippen molar-refractivity contribution in [1.82, 2.24) is 4.90 Å². The van der Waals surface area contributed by atoms with E-state index in [-0.39, 0.29) is 18.7 Å². The monoisotopic (exact) mass is 327 g/mol. The number of amides is 1. The molecule has 0 radical (unpaired) electrons. The van der Waals surface area contributed by atoms with E-state index in [9.17, 15) is 23.5 Å². The van der Waals surface area contributed by atoms with Gasteiger partial charge in [-0.25, -0.2) is 8.78 Å². The van der Waals surface area contributed by atoms with Crippen molar-refractivity contribution in [2.75, 3.05) is 26.8 Å². The van der Waals surface area contributed by atoms with Gasteiger partial charge in [-0.1, -0.05) is 6.07 Å². The van der Waals surface area contributed by atoms with Gasteiger partial charge in [0.1, 0.15) is 17.0 Å². The minimum Gasteiger partial charge on any atom is -0.481 e. The largest absolute Gasteiger partial charge is 0.481 e. The van der Waals surface area contributed by atoms with Gasteiger partial charge in [-0.15, -0.1) is 0 Å². The van der Waals surface area contributed by atoms with Gasteiger partial charge in [-0.05, 0) is 25.0 Å². The van der Waals surface area contributed by atoms with Crippen LogP contribution in [0.2, 0.25) is 0 Å². The van der Waals surface area contributed by atoms with E-state index < -0.39 is 35.3 Å². The molecule has 1 atom stereocenters. The van der Waals surface area contributed by atoms with E-state index in [1.807, 2.05) is 0 Å². The molecular formula is C16H19F2NO4. The van der Waals surface area contributed by atoms with Crippen LogP contribution in [0.1, 0.15) is 18.4 Å². The molecular weight excluding hydrogens is 308 g/mol. The van der Waals surface area contributed by atoms with Crippen molar-refractivity contribution in [2.24, 2.45) is 5.41 Å². The summed E-state index contributed by atoms with van der Waals surface area (Å²) in [6, 6.07) is 3.41. The van der Waals surface area contributed by atoms with Crippen LogP contribution in [0.3, 0.4) is 0 Å². The highest BCUT2D eigenvalue weighted by molar-refractivity contribution is 5.81. The van der Waals surface area contributed by atoms with Crippen LogP contribution in [-0.4, -0.2) is 48.7 Å². The highest BCUT2D eigenvalue weighted by atomic mass is 19.1. The molecule has 1 saturated heterocycles. The Balaban J connectivity index is 2.15. The molecule has 1 aromatic carbocycles. The number of carboxylic acids is 1. The number of hydrogen-bond donors (Lipinski definition) is 1. The quantitative estimate of drug-likeness (QED) is 0.896. The molecule has 2 rings (SSSR count). The fourth-order valence-electron chi connectivity index (χ4n) is 2.94. The van der Waals surface area contributed by atoms with Gasteiger partial charge >= 0.3 is 5.97 Å². The lowest BCUT2D eigenvalue weighted by Gasteiger charge is -2.39. The van der Waals surface area contributed by atoms with Crippen molar-refractivity contribution in [1.29, 1.82) is 0 Å². The molecule has 1 aromatic rings. The molecule has 0 aromatic heterocycles. The van der Waals surface area contributed by atoms with Crippen LogP contribution >= 0.6 is 0 Å². The first kappa shape index (κ1) is 17.3. The fraction of sp³-hybridized carbons (Fsp3) is 0.500. The van der Waals surface area contributed by atoms with Gasteiger partial charge in [-0.2, -0.15) is 0 Å². The first-order valence-corrected chi connectivity index (χ1v) is 7.32. The third kappa shape index (κ3) is 3.67. The Bertz CT molecular complexity index is 583. The first-order valence-electron chi connectivity index (χ1n) is 7.32. The second-order valence-corrected chi connectivity index (χ2v) is 5.81. The van der Waals surface area contributed by atoms with Crippen LogP contribution < -0.4 is 0 Å². The number of methoxy groups -OCH3 is 1. The Morgan fingerprint density at radius 3 is 2.57 bits per heavy atom. The standard InChI is InChI=1S/C16H19F2NO4/c1-23-10-16(15(21)22)6-3-7-19(9-16)14(20)8-11-12(17)4-2-5-13(11)18/h2,4-5H,3,6-10H2,1H3,(H,21,22). The van der Waals surface area contributed by atoms with E-state index in [0.717, 1.165) is 12.1 Å². The summed E-state index contributed by atoms with van der Waals surface area (Å²) in [5.74, 6) is -3.09. The molecule has 1 aliphatic rings. The number of ether oxygens (including phenoxy) is 1. The average molecular weight is 327 g/mol. The Morgan fingerprint density at radius 2 is 2.00 bits per heavy atom. The number of hydrogen-bond acceptors (Lipinski definition) is 3. The smallest absolute Gasteiger partial charge is 0.313 e. The van der Waals surface area contributed by atoms with Crippen molar-refractivity contribution in [3.63, 3.8) is 0 Å². The molecule has 7 heteroatoms. The van der Waals surface area contributed by atoms with Gasteiger partial charge < -0.3 is 14.7 Å². The summed E-state index contributed by atoms with van der Waals surface area (Å²) in [5.41, 5.74) is -1.47. The number of carboxylic acid groups (broad SMARTS) is 1. The van der Waals surface area contributed by atoms with E-state index in [0.29, 0.717) is 19.4 Å². The lowest BCUT2D eigenvalue weighted by Crippen LogP contribution is -2.52. The van der Waals surface area contributed by atoms with Crippen molar-refractivity contribution in [3.8, 4) is 0 Å². The lowest BCUT2D eigenvalue weighted by atomic mass is 9.80. The van der Waals surface area contributed by atoms with E-state index >= 15 is 0 Å². The van der Waals surface area contributed by atoms with Crippen molar-refractivity contribution >= 4 is 11.9 Å². The topological polar surface area (TPSA) is 66.8 Å². The summed E-state index contributed by atoms with van der Waals surface area (Å²) in [4.78, 5) is 25.3. The predicted molar refractivity (Wildman–Crippen MR) is 77.8 cm³/mol. The van der Waals surface area contributed by atoms with Gasteiger partial charge in [0, 0.05) is 25.8 Å². The van der Waals surface area contributed by atoms with Gasteiger partial charge in [0.2, 0.25) is 5.91 Å². The highest BCUT2D eigenvalue weighted by Gasteiger charge is 2.43. The molecule has 1 unspecified atom stereocenters. The predicted octanol–water partition coefficient (Wildman–Crippen LogP) is 1.85. The summed E-state index contributed by atoms with van der Waals surface area (Å²) < 4.78 is 32.3. The number of nitrogens with zero attached hydrogens (tertiary/aromatic N) is 1. The number of carbonyl (C=O) groups is 2. The molecule has 1 N–H and O–H groups in total. The number of carbonyl (C=O) groups excluding carboxylic acids is 1. The number of aliphatic carboxylic acids is 1. The second kappa shape index (κ2) is 7.04. The van der Waals surface area contributed by atoms with E-state index in [4.69, 9.17) is 4.74 Å². The van der Waals surface area contributed by atoms with Crippen LogP contribution in [-0.2, 0) is 20.7 Å². The first-order chi connectivity index (χ1) is 10.9. The maximum atomic E-state index is 13.7. The fourth-order valence-corrected chi connectivity index (χ4v) is 2.94. The van der Waals surface area contributed by atoms with Gasteiger partial charge in [-0.3, -0.25) is 9.59 Å². The SMILES string of the molecule is COCC1(C(=O)O)CCCN(C(=O)Cc2c(F)cccc2F)C1. The molecule has 1 amide bonds. The van der Waals surface area contributed by atoms with Crippen molar-refractivity contribution in [3.05, 3.63) is 35.4 Å². The molecule has 23 heavy (non-hydrogen) atoms. The van der Waals surface area contributed by atoms with Crippen LogP contribution in [0.4, 0.5) is 8.78 Å². The molecule has 1 aliphatic heterocycles. The summed E-state index contributed by atoms with van der Waals surface area (Å²) in [7, 11) is 1.40. The summed E-state index contributed by atoms with van der Waals surface area (Å²) in [6.07, 6.45) is 0.469. The normalized spacial score (nSPS) is 21.3. The zero-order chi connectivity index (χ0) is 17.0. The maximum absolute atomic E-state index is 13.7. The van der Waals surface area contributed by atoms with Crippen LogP contribution in [0, 0.1) is 17.0 Å². The number of halogens is 2. The van der Waals surface area contributed by atoms with Crippen molar-refractivity contribution in [2.45, 2.75) is 19.3 Å². The lowest BCUT2D eigenvalue weighted by molar-refractivity contribution is -0.159. The number of piperidine rings is 1.